The van der Waals surface area contributed by atoms with Gasteiger partial charge >= 0.3 is 6.03 Å². The smallest absolute Gasteiger partial charge is 0.318 e. The maximum atomic E-state index is 12.6. The van der Waals surface area contributed by atoms with Gasteiger partial charge in [0.15, 0.2) is 5.12 Å². The Morgan fingerprint density at radius 2 is 1.77 bits per heavy atom. The van der Waals surface area contributed by atoms with Crippen LogP contribution in [0.3, 0.4) is 0 Å². The first-order chi connectivity index (χ1) is 12.2. The van der Waals surface area contributed by atoms with Crippen LogP contribution in [0.5, 0.6) is 0 Å². The van der Waals surface area contributed by atoms with E-state index in [0.717, 1.165) is 18.7 Å². The van der Waals surface area contributed by atoms with E-state index < -0.39 is 6.04 Å². The second-order valence-corrected chi connectivity index (χ2v) is 8.11. The fourth-order valence-electron chi connectivity index (χ4n) is 2.58. The minimum Gasteiger partial charge on any atom is -0.338 e. The SMILES string of the molecule is C=C(C)CCN(CCSC(C)=O)C(=O)NC(C)C(=O)N1CCN(C)CC1. The molecule has 1 heterocycles. The van der Waals surface area contributed by atoms with E-state index in [9.17, 15) is 14.4 Å². The van der Waals surface area contributed by atoms with Gasteiger partial charge in [-0.2, -0.15) is 0 Å². The van der Waals surface area contributed by atoms with Crippen molar-refractivity contribution in [1.82, 2.24) is 20.0 Å². The van der Waals surface area contributed by atoms with Crippen LogP contribution in [-0.2, 0) is 9.59 Å². The zero-order valence-electron chi connectivity index (χ0n) is 16.4. The second kappa shape index (κ2) is 11.2. The van der Waals surface area contributed by atoms with Crippen LogP contribution in [-0.4, -0.2) is 89.9 Å². The molecule has 0 radical (unpaired) electrons. The van der Waals surface area contributed by atoms with Crippen LogP contribution in [0.15, 0.2) is 12.2 Å². The average molecular weight is 385 g/mol. The standard InChI is InChI=1S/C18H32N4O3S/c1-14(2)6-7-22(12-13-26-16(4)23)18(25)19-15(3)17(24)21-10-8-20(5)9-11-21/h15H,1,6-13H2,2-5H3,(H,19,25). The summed E-state index contributed by atoms with van der Waals surface area (Å²) in [4.78, 5) is 41.9. The molecule has 1 rings (SSSR count). The fraction of sp³-hybridized carbons (Fsp3) is 0.722. The number of amides is 3. The molecule has 148 valence electrons. The van der Waals surface area contributed by atoms with E-state index in [-0.39, 0.29) is 17.1 Å². The van der Waals surface area contributed by atoms with Crippen LogP contribution in [0.4, 0.5) is 4.79 Å². The molecule has 0 aromatic carbocycles. The molecule has 3 amide bonds. The third-order valence-electron chi connectivity index (χ3n) is 4.29. The molecule has 0 aliphatic carbocycles. The number of hydrogen-bond donors (Lipinski definition) is 1. The number of carbonyl (C=O) groups excluding carboxylic acids is 3. The minimum atomic E-state index is -0.571. The molecule has 0 saturated carbocycles. The van der Waals surface area contributed by atoms with Gasteiger partial charge in [-0.25, -0.2) is 4.79 Å². The maximum absolute atomic E-state index is 12.6. The van der Waals surface area contributed by atoms with E-state index in [0.29, 0.717) is 38.4 Å². The summed E-state index contributed by atoms with van der Waals surface area (Å²) in [5.74, 6) is 0.490. The van der Waals surface area contributed by atoms with Gasteiger partial charge in [-0.05, 0) is 27.3 Å². The molecule has 7 nitrogen and oxygen atoms in total. The largest absolute Gasteiger partial charge is 0.338 e. The number of likely N-dealkylation sites (N-methyl/N-ethyl adjacent to an activating group) is 1. The van der Waals surface area contributed by atoms with Gasteiger partial charge in [0.05, 0.1) is 0 Å². The van der Waals surface area contributed by atoms with Gasteiger partial charge in [0, 0.05) is 51.9 Å². The van der Waals surface area contributed by atoms with Crippen molar-refractivity contribution < 1.29 is 14.4 Å². The third-order valence-corrected chi connectivity index (χ3v) is 5.08. The molecule has 1 fully saturated rings. The number of nitrogens with one attached hydrogen (secondary N) is 1. The van der Waals surface area contributed by atoms with Crippen LogP contribution >= 0.6 is 11.8 Å². The predicted molar refractivity (Wildman–Crippen MR) is 106 cm³/mol. The lowest BCUT2D eigenvalue weighted by molar-refractivity contribution is -0.134. The topological polar surface area (TPSA) is 73.0 Å². The summed E-state index contributed by atoms with van der Waals surface area (Å²) in [6.45, 7) is 13.1. The molecule has 26 heavy (non-hydrogen) atoms. The highest BCUT2D eigenvalue weighted by atomic mass is 32.2. The van der Waals surface area contributed by atoms with Crippen molar-refractivity contribution in [2.75, 3.05) is 52.1 Å². The Hall–Kier alpha value is -1.54. The van der Waals surface area contributed by atoms with Crippen LogP contribution in [0.25, 0.3) is 0 Å². The molecule has 1 unspecified atom stereocenters. The molecule has 1 saturated heterocycles. The lowest BCUT2D eigenvalue weighted by Gasteiger charge is -2.34. The van der Waals surface area contributed by atoms with E-state index in [1.54, 1.807) is 16.7 Å². The summed E-state index contributed by atoms with van der Waals surface area (Å²) in [7, 11) is 2.03. The summed E-state index contributed by atoms with van der Waals surface area (Å²) < 4.78 is 0. The van der Waals surface area contributed by atoms with Crippen LogP contribution in [0.1, 0.15) is 27.2 Å². The van der Waals surface area contributed by atoms with Crippen molar-refractivity contribution in [2.45, 2.75) is 33.2 Å². The van der Waals surface area contributed by atoms with Crippen molar-refractivity contribution in [1.29, 1.82) is 0 Å². The third kappa shape index (κ3) is 8.23. The quantitative estimate of drug-likeness (QED) is 0.641. The second-order valence-electron chi connectivity index (χ2n) is 6.83. The Labute approximate surface area is 161 Å². The first kappa shape index (κ1) is 22.5. The normalized spacial score (nSPS) is 16.1. The van der Waals surface area contributed by atoms with Crippen LogP contribution < -0.4 is 5.32 Å². The molecule has 0 aromatic heterocycles. The number of nitrogens with zero attached hydrogens (tertiary/aromatic N) is 3. The van der Waals surface area contributed by atoms with Gasteiger partial charge in [-0.1, -0.05) is 17.3 Å². The van der Waals surface area contributed by atoms with Crippen LogP contribution in [0, 0.1) is 0 Å². The number of carbonyl (C=O) groups is 3. The molecule has 1 aliphatic rings. The molecular weight excluding hydrogens is 352 g/mol. The van der Waals surface area contributed by atoms with E-state index >= 15 is 0 Å². The number of thioether (sulfide) groups is 1. The number of piperazine rings is 1. The summed E-state index contributed by atoms with van der Waals surface area (Å²) in [6, 6.07) is -0.843. The van der Waals surface area contributed by atoms with Crippen LogP contribution in [0.2, 0.25) is 0 Å². The first-order valence-corrected chi connectivity index (χ1v) is 9.99. The van der Waals surface area contributed by atoms with Crippen molar-refractivity contribution in [2.24, 2.45) is 0 Å². The Balaban J connectivity index is 2.57. The van der Waals surface area contributed by atoms with Gasteiger partial charge < -0.3 is 20.0 Å². The van der Waals surface area contributed by atoms with Gasteiger partial charge in [-0.3, -0.25) is 9.59 Å². The van der Waals surface area contributed by atoms with E-state index in [4.69, 9.17) is 0 Å². The highest BCUT2D eigenvalue weighted by Gasteiger charge is 2.26. The Morgan fingerprint density at radius 1 is 1.15 bits per heavy atom. The Bertz CT molecular complexity index is 519. The Morgan fingerprint density at radius 3 is 2.31 bits per heavy atom. The number of hydrogen-bond acceptors (Lipinski definition) is 5. The summed E-state index contributed by atoms with van der Waals surface area (Å²) >= 11 is 1.20. The monoisotopic (exact) mass is 384 g/mol. The summed E-state index contributed by atoms with van der Waals surface area (Å²) in [5, 5.41) is 2.84. The average Bonchev–Trinajstić information content (AvgIpc) is 2.57. The van der Waals surface area contributed by atoms with Gasteiger partial charge in [-0.15, -0.1) is 6.58 Å². The lowest BCUT2D eigenvalue weighted by atomic mass is 10.2. The molecule has 1 atom stereocenters. The molecular formula is C18H32N4O3S. The molecule has 0 aromatic rings. The minimum absolute atomic E-state index is 0.0314. The summed E-state index contributed by atoms with van der Waals surface area (Å²) in [6.07, 6.45) is 0.693. The molecule has 8 heteroatoms. The number of rotatable bonds is 8. The number of urea groups is 1. The van der Waals surface area contributed by atoms with Crippen molar-refractivity contribution in [3.05, 3.63) is 12.2 Å². The first-order valence-electron chi connectivity index (χ1n) is 9.01. The molecule has 0 spiro atoms. The zero-order valence-corrected chi connectivity index (χ0v) is 17.2. The van der Waals surface area contributed by atoms with Gasteiger partial charge in [0.1, 0.15) is 6.04 Å². The van der Waals surface area contributed by atoms with Crippen molar-refractivity contribution >= 4 is 28.8 Å². The van der Waals surface area contributed by atoms with E-state index in [2.05, 4.69) is 16.8 Å². The van der Waals surface area contributed by atoms with E-state index in [1.807, 2.05) is 14.0 Å². The van der Waals surface area contributed by atoms with Crippen molar-refractivity contribution in [3.63, 3.8) is 0 Å². The highest BCUT2D eigenvalue weighted by Crippen LogP contribution is 2.07. The lowest BCUT2D eigenvalue weighted by Crippen LogP contribution is -2.55. The Kier molecular flexibility index (Phi) is 9.72. The fourth-order valence-corrected chi connectivity index (χ4v) is 3.18. The molecule has 1 aliphatic heterocycles. The molecule has 0 bridgehead atoms. The zero-order chi connectivity index (χ0) is 19.7. The van der Waals surface area contributed by atoms with Gasteiger partial charge in [0.25, 0.3) is 0 Å². The maximum Gasteiger partial charge on any atom is 0.318 e. The van der Waals surface area contributed by atoms with E-state index in [1.165, 1.54) is 18.7 Å². The predicted octanol–water partition coefficient (Wildman–Crippen LogP) is 1.41. The summed E-state index contributed by atoms with van der Waals surface area (Å²) in [5.41, 5.74) is 0.989. The highest BCUT2D eigenvalue weighted by molar-refractivity contribution is 8.13. The van der Waals surface area contributed by atoms with Crippen molar-refractivity contribution in [3.8, 4) is 0 Å². The molecule has 1 N–H and O–H groups in total. The van der Waals surface area contributed by atoms with Gasteiger partial charge in [0.2, 0.25) is 5.91 Å².